The number of fused-ring (bicyclic) bond motifs is 1. The molecule has 2 N–H and O–H groups in total. The van der Waals surface area contributed by atoms with Crippen LogP contribution in [0.25, 0.3) is 5.65 Å². The Labute approximate surface area is 176 Å². The molecule has 0 radical (unpaired) electrons. The SMILES string of the molecule is Cc1nonc1C(=O)NCc1cn2ncc(C(NC(=O)CCC(F)(F)F)C(F)F)cc2n1. The van der Waals surface area contributed by atoms with E-state index in [1.54, 1.807) is 0 Å². The van der Waals surface area contributed by atoms with Crippen molar-refractivity contribution in [2.75, 3.05) is 0 Å². The van der Waals surface area contributed by atoms with Crippen molar-refractivity contribution in [1.82, 2.24) is 35.5 Å². The zero-order valence-corrected chi connectivity index (χ0v) is 16.4. The minimum absolute atomic E-state index is 0.00443. The second-order valence-corrected chi connectivity index (χ2v) is 6.70. The molecule has 0 saturated heterocycles. The van der Waals surface area contributed by atoms with E-state index in [1.807, 2.05) is 5.32 Å². The predicted molar refractivity (Wildman–Crippen MR) is 95.4 cm³/mol. The van der Waals surface area contributed by atoms with Gasteiger partial charge in [-0.25, -0.2) is 22.9 Å². The molecule has 1 unspecified atom stereocenters. The molecule has 1 atom stereocenters. The van der Waals surface area contributed by atoms with Gasteiger partial charge in [0, 0.05) is 12.0 Å². The van der Waals surface area contributed by atoms with Crippen molar-refractivity contribution in [3.8, 4) is 0 Å². The Hall–Kier alpha value is -3.65. The Bertz CT molecular complexity index is 1110. The average molecular weight is 461 g/mol. The minimum atomic E-state index is -4.58. The van der Waals surface area contributed by atoms with Crippen LogP contribution in [0.5, 0.6) is 0 Å². The van der Waals surface area contributed by atoms with Crippen LogP contribution in [0, 0.1) is 6.92 Å². The molecule has 0 aromatic carbocycles. The van der Waals surface area contributed by atoms with Crippen LogP contribution < -0.4 is 10.6 Å². The number of imidazole rings is 1. The standard InChI is InChI=1S/C17H16F5N7O3/c1-8-13(28-32-27-8)16(31)23-6-10-7-29-11(25-10)4-9(5-24-29)14(15(18)19)26-12(30)2-3-17(20,21)22/h4-5,7,14-15H,2-3,6H2,1H3,(H,23,31)(H,26,30). The summed E-state index contributed by atoms with van der Waals surface area (Å²) in [5.74, 6) is -1.73. The lowest BCUT2D eigenvalue weighted by atomic mass is 10.1. The van der Waals surface area contributed by atoms with E-state index in [1.165, 1.54) is 23.7 Å². The van der Waals surface area contributed by atoms with Gasteiger partial charge in [0.15, 0.2) is 11.3 Å². The van der Waals surface area contributed by atoms with E-state index in [4.69, 9.17) is 0 Å². The van der Waals surface area contributed by atoms with Crippen LogP contribution in [-0.2, 0) is 11.3 Å². The third kappa shape index (κ3) is 5.73. The Morgan fingerprint density at radius 2 is 2.00 bits per heavy atom. The molecule has 3 aromatic rings. The van der Waals surface area contributed by atoms with Gasteiger partial charge in [0.25, 0.3) is 12.3 Å². The maximum atomic E-state index is 13.4. The van der Waals surface area contributed by atoms with Gasteiger partial charge in [0.2, 0.25) is 5.91 Å². The largest absolute Gasteiger partial charge is 0.389 e. The van der Waals surface area contributed by atoms with Gasteiger partial charge in [-0.2, -0.15) is 18.3 Å². The highest BCUT2D eigenvalue weighted by atomic mass is 19.4. The van der Waals surface area contributed by atoms with Gasteiger partial charge in [-0.1, -0.05) is 5.16 Å². The fourth-order valence-corrected chi connectivity index (χ4v) is 2.68. The van der Waals surface area contributed by atoms with E-state index >= 15 is 0 Å². The summed E-state index contributed by atoms with van der Waals surface area (Å²) in [4.78, 5) is 27.9. The second kappa shape index (κ2) is 9.23. The van der Waals surface area contributed by atoms with Crippen molar-refractivity contribution in [3.63, 3.8) is 0 Å². The first kappa shape index (κ1) is 23.0. The van der Waals surface area contributed by atoms with Crippen LogP contribution in [0.15, 0.2) is 23.1 Å². The molecule has 0 fully saturated rings. The third-order valence-corrected chi connectivity index (χ3v) is 4.25. The molecule has 0 aliphatic heterocycles. The van der Waals surface area contributed by atoms with Crippen LogP contribution in [-0.4, -0.2) is 49.3 Å². The number of nitrogens with one attached hydrogen (secondary N) is 2. The molecule has 3 heterocycles. The topological polar surface area (TPSA) is 127 Å². The number of aryl methyl sites for hydroxylation is 1. The lowest BCUT2D eigenvalue weighted by Crippen LogP contribution is -2.33. The summed E-state index contributed by atoms with van der Waals surface area (Å²) in [7, 11) is 0. The first-order chi connectivity index (χ1) is 15.0. The molecular formula is C17H16F5N7O3. The van der Waals surface area contributed by atoms with E-state index in [2.05, 4.69) is 30.3 Å². The summed E-state index contributed by atoms with van der Waals surface area (Å²) in [5, 5.41) is 15.3. The number of halogens is 5. The van der Waals surface area contributed by atoms with Crippen LogP contribution in [0.3, 0.4) is 0 Å². The summed E-state index contributed by atoms with van der Waals surface area (Å²) in [6.07, 6.45) is -7.60. The Kier molecular flexibility index (Phi) is 6.64. The lowest BCUT2D eigenvalue weighted by Gasteiger charge is -2.18. The number of carbonyl (C=O) groups excluding carboxylic acids is 2. The molecule has 3 aromatic heterocycles. The monoisotopic (exact) mass is 461 g/mol. The molecule has 3 rings (SSSR count). The zero-order chi connectivity index (χ0) is 23.5. The molecule has 0 bridgehead atoms. The zero-order valence-electron chi connectivity index (χ0n) is 16.4. The van der Waals surface area contributed by atoms with E-state index < -0.39 is 43.3 Å². The van der Waals surface area contributed by atoms with Crippen LogP contribution in [0.1, 0.15) is 46.3 Å². The molecular weight excluding hydrogens is 445 g/mol. The van der Waals surface area contributed by atoms with Crippen molar-refractivity contribution in [1.29, 1.82) is 0 Å². The van der Waals surface area contributed by atoms with Gasteiger partial charge < -0.3 is 10.6 Å². The fraction of sp³-hybridized carbons (Fsp3) is 0.412. The summed E-state index contributed by atoms with van der Waals surface area (Å²) in [6.45, 7) is 1.49. The molecule has 0 aliphatic rings. The van der Waals surface area contributed by atoms with E-state index in [0.29, 0.717) is 11.4 Å². The number of hydrogen-bond acceptors (Lipinski definition) is 7. The number of nitrogens with zero attached hydrogens (tertiary/aromatic N) is 5. The van der Waals surface area contributed by atoms with Crippen LogP contribution in [0.4, 0.5) is 22.0 Å². The number of hydrogen-bond donors (Lipinski definition) is 2. The maximum absolute atomic E-state index is 13.4. The summed E-state index contributed by atoms with van der Waals surface area (Å²) < 4.78 is 69.3. The molecule has 2 amide bonds. The maximum Gasteiger partial charge on any atom is 0.389 e. The second-order valence-electron chi connectivity index (χ2n) is 6.70. The van der Waals surface area contributed by atoms with Gasteiger partial charge in [-0.15, -0.1) is 0 Å². The van der Waals surface area contributed by atoms with Crippen molar-refractivity contribution in [2.24, 2.45) is 0 Å². The number of aromatic nitrogens is 5. The predicted octanol–water partition coefficient (Wildman–Crippen LogP) is 2.12. The van der Waals surface area contributed by atoms with E-state index in [9.17, 15) is 31.5 Å². The molecule has 10 nitrogen and oxygen atoms in total. The number of alkyl halides is 5. The Morgan fingerprint density at radius 3 is 2.62 bits per heavy atom. The van der Waals surface area contributed by atoms with E-state index in [0.717, 1.165) is 6.20 Å². The van der Waals surface area contributed by atoms with Gasteiger partial charge in [0.05, 0.1) is 31.1 Å². The molecule has 172 valence electrons. The molecule has 15 heteroatoms. The van der Waals surface area contributed by atoms with Gasteiger partial charge in [0.1, 0.15) is 11.7 Å². The normalized spacial score (nSPS) is 12.8. The van der Waals surface area contributed by atoms with Gasteiger partial charge >= 0.3 is 6.18 Å². The number of rotatable bonds is 8. The van der Waals surface area contributed by atoms with Gasteiger partial charge in [-0.3, -0.25) is 9.59 Å². The third-order valence-electron chi connectivity index (χ3n) is 4.25. The average Bonchev–Trinajstić information content (AvgIpc) is 3.33. The quantitative estimate of drug-likeness (QED) is 0.492. The van der Waals surface area contributed by atoms with Crippen molar-refractivity contribution < 1.29 is 36.2 Å². The first-order valence-electron chi connectivity index (χ1n) is 9.09. The minimum Gasteiger partial charge on any atom is -0.345 e. The van der Waals surface area contributed by atoms with Crippen LogP contribution >= 0.6 is 0 Å². The van der Waals surface area contributed by atoms with Gasteiger partial charge in [-0.05, 0) is 18.1 Å². The Balaban J connectivity index is 1.70. The number of amides is 2. The highest BCUT2D eigenvalue weighted by Gasteiger charge is 2.30. The smallest absolute Gasteiger partial charge is 0.345 e. The summed E-state index contributed by atoms with van der Waals surface area (Å²) >= 11 is 0. The highest BCUT2D eigenvalue weighted by Crippen LogP contribution is 2.24. The molecule has 0 aliphatic carbocycles. The van der Waals surface area contributed by atoms with Crippen molar-refractivity contribution >= 4 is 17.5 Å². The van der Waals surface area contributed by atoms with Crippen molar-refractivity contribution in [3.05, 3.63) is 41.1 Å². The molecule has 0 saturated carbocycles. The summed E-state index contributed by atoms with van der Waals surface area (Å²) in [5.41, 5.74) is 0.605. The highest BCUT2D eigenvalue weighted by molar-refractivity contribution is 5.92. The number of carbonyl (C=O) groups is 2. The molecule has 32 heavy (non-hydrogen) atoms. The van der Waals surface area contributed by atoms with E-state index in [-0.39, 0.29) is 23.4 Å². The summed E-state index contributed by atoms with van der Waals surface area (Å²) in [6, 6.07) is -0.652. The van der Waals surface area contributed by atoms with Crippen LogP contribution in [0.2, 0.25) is 0 Å². The lowest BCUT2D eigenvalue weighted by molar-refractivity contribution is -0.144. The fourth-order valence-electron chi connectivity index (χ4n) is 2.68. The Morgan fingerprint density at radius 1 is 1.25 bits per heavy atom. The molecule has 0 spiro atoms. The first-order valence-corrected chi connectivity index (χ1v) is 9.09. The van der Waals surface area contributed by atoms with Crippen molar-refractivity contribution in [2.45, 2.75) is 45.0 Å².